The first kappa shape index (κ1) is 21.3. The van der Waals surface area contributed by atoms with E-state index >= 15 is 0 Å². The SMILES string of the molecule is O=C(/C=C/c1ccccc1[S+]([O-])c1ccc2ccccc2c1)NS(=O)(=O)c1cccs1. The van der Waals surface area contributed by atoms with Crippen molar-refractivity contribution in [2.24, 2.45) is 0 Å². The highest BCUT2D eigenvalue weighted by molar-refractivity contribution is 7.92. The van der Waals surface area contributed by atoms with Crippen molar-refractivity contribution in [3.63, 3.8) is 0 Å². The summed E-state index contributed by atoms with van der Waals surface area (Å²) in [5.41, 5.74) is 0.567. The Hall–Kier alpha value is -2.91. The second-order valence-corrected chi connectivity index (χ2v) is 10.9. The van der Waals surface area contributed by atoms with Gasteiger partial charge in [-0.3, -0.25) is 4.79 Å². The van der Waals surface area contributed by atoms with Crippen LogP contribution in [0, 0.1) is 0 Å². The molecule has 156 valence electrons. The Balaban J connectivity index is 1.57. The molecule has 0 saturated heterocycles. The molecule has 1 amide bonds. The van der Waals surface area contributed by atoms with Gasteiger partial charge in [-0.05, 0) is 52.6 Å². The zero-order valence-electron chi connectivity index (χ0n) is 16.1. The number of benzene rings is 3. The van der Waals surface area contributed by atoms with Crippen LogP contribution in [0.25, 0.3) is 16.8 Å². The number of sulfonamides is 1. The molecule has 5 nitrogen and oxygen atoms in total. The minimum absolute atomic E-state index is 0.0621. The first-order valence-electron chi connectivity index (χ1n) is 9.22. The van der Waals surface area contributed by atoms with Crippen LogP contribution in [-0.2, 0) is 26.0 Å². The Morgan fingerprint density at radius 3 is 2.45 bits per heavy atom. The summed E-state index contributed by atoms with van der Waals surface area (Å²) in [6, 6.07) is 23.4. The van der Waals surface area contributed by atoms with E-state index in [-0.39, 0.29) is 4.21 Å². The fourth-order valence-electron chi connectivity index (χ4n) is 3.00. The summed E-state index contributed by atoms with van der Waals surface area (Å²) in [6.45, 7) is 0. The van der Waals surface area contributed by atoms with Gasteiger partial charge >= 0.3 is 0 Å². The molecule has 0 aliphatic heterocycles. The lowest BCUT2D eigenvalue weighted by Gasteiger charge is -2.13. The van der Waals surface area contributed by atoms with Gasteiger partial charge < -0.3 is 4.55 Å². The van der Waals surface area contributed by atoms with Crippen molar-refractivity contribution < 1.29 is 17.8 Å². The summed E-state index contributed by atoms with van der Waals surface area (Å²) in [5.74, 6) is -0.778. The van der Waals surface area contributed by atoms with Crippen LogP contribution in [0.3, 0.4) is 0 Å². The highest BCUT2D eigenvalue weighted by atomic mass is 32.2. The van der Waals surface area contributed by atoms with Crippen LogP contribution in [0.2, 0.25) is 0 Å². The third kappa shape index (κ3) is 4.88. The van der Waals surface area contributed by atoms with Crippen LogP contribution in [0.4, 0.5) is 0 Å². The quantitative estimate of drug-likeness (QED) is 0.332. The second kappa shape index (κ2) is 9.07. The Morgan fingerprint density at radius 1 is 0.935 bits per heavy atom. The van der Waals surface area contributed by atoms with Gasteiger partial charge in [0.2, 0.25) is 0 Å². The molecule has 0 radical (unpaired) electrons. The normalized spacial score (nSPS) is 12.8. The molecule has 0 spiro atoms. The number of amides is 1. The smallest absolute Gasteiger partial charge is 0.273 e. The molecule has 0 aliphatic carbocycles. The molecule has 4 aromatic rings. The number of nitrogens with one attached hydrogen (secondary N) is 1. The van der Waals surface area contributed by atoms with Crippen molar-refractivity contribution in [1.29, 1.82) is 0 Å². The standard InChI is InChI=1S/C23H17NO4S3/c25-22(24-31(27,28)23-10-5-15-29-23)14-12-18-7-3-4-9-21(18)30(26)20-13-11-17-6-1-2-8-19(17)16-20/h1-16H,(H,24,25)/b14-12+. The zero-order valence-corrected chi connectivity index (χ0v) is 18.5. The van der Waals surface area contributed by atoms with Gasteiger partial charge in [-0.25, -0.2) is 13.1 Å². The van der Waals surface area contributed by atoms with Gasteiger partial charge in [0.25, 0.3) is 15.9 Å². The highest BCUT2D eigenvalue weighted by Crippen LogP contribution is 2.27. The van der Waals surface area contributed by atoms with Gasteiger partial charge in [-0.1, -0.05) is 42.5 Å². The van der Waals surface area contributed by atoms with E-state index in [0.717, 1.165) is 28.2 Å². The number of rotatable bonds is 6. The van der Waals surface area contributed by atoms with Crippen molar-refractivity contribution in [1.82, 2.24) is 4.72 Å². The van der Waals surface area contributed by atoms with Crippen molar-refractivity contribution >= 4 is 55.3 Å². The van der Waals surface area contributed by atoms with E-state index in [2.05, 4.69) is 0 Å². The Labute approximate surface area is 187 Å². The van der Waals surface area contributed by atoms with Crippen LogP contribution >= 0.6 is 11.3 Å². The van der Waals surface area contributed by atoms with E-state index in [1.807, 2.05) is 47.2 Å². The highest BCUT2D eigenvalue weighted by Gasteiger charge is 2.20. The maximum Gasteiger partial charge on any atom is 0.273 e. The third-order valence-corrected chi connectivity index (χ3v) is 8.66. The average molecular weight is 468 g/mol. The molecule has 8 heteroatoms. The number of carbonyl (C=O) groups excluding carboxylic acids is 1. The van der Waals surface area contributed by atoms with Crippen LogP contribution in [0.15, 0.2) is 104 Å². The van der Waals surface area contributed by atoms with Gasteiger partial charge in [-0.2, -0.15) is 0 Å². The third-order valence-electron chi connectivity index (χ3n) is 4.46. The summed E-state index contributed by atoms with van der Waals surface area (Å²) < 4.78 is 39.7. The second-order valence-electron chi connectivity index (χ2n) is 6.55. The van der Waals surface area contributed by atoms with Crippen LogP contribution < -0.4 is 4.72 Å². The molecule has 4 rings (SSSR count). The van der Waals surface area contributed by atoms with E-state index in [0.29, 0.717) is 15.4 Å². The number of hydrogen-bond acceptors (Lipinski definition) is 5. The van der Waals surface area contributed by atoms with Crippen LogP contribution in [-0.4, -0.2) is 18.9 Å². The molecule has 1 atom stereocenters. The largest absolute Gasteiger partial charge is 0.606 e. The maximum atomic E-state index is 13.2. The monoisotopic (exact) mass is 467 g/mol. The van der Waals surface area contributed by atoms with Gasteiger partial charge in [0.05, 0.1) is 0 Å². The van der Waals surface area contributed by atoms with Crippen molar-refractivity contribution in [3.05, 3.63) is 95.9 Å². The molecule has 31 heavy (non-hydrogen) atoms. The number of thiophene rings is 1. The Kier molecular flexibility index (Phi) is 6.24. The lowest BCUT2D eigenvalue weighted by molar-refractivity contribution is -0.114. The molecule has 1 aromatic heterocycles. The van der Waals surface area contributed by atoms with Gasteiger partial charge in [0.1, 0.15) is 4.21 Å². The lowest BCUT2D eigenvalue weighted by Crippen LogP contribution is -2.28. The average Bonchev–Trinajstić information content (AvgIpc) is 3.33. The molecule has 0 aliphatic rings. The molecule has 1 heterocycles. The van der Waals surface area contributed by atoms with E-state index < -0.39 is 27.1 Å². The number of carbonyl (C=O) groups is 1. The fraction of sp³-hybridized carbons (Fsp3) is 0. The first-order chi connectivity index (χ1) is 14.9. The number of hydrogen-bond donors (Lipinski definition) is 1. The number of fused-ring (bicyclic) bond motifs is 1. The molecule has 3 aromatic carbocycles. The van der Waals surface area contributed by atoms with Gasteiger partial charge in [0, 0.05) is 28.9 Å². The first-order valence-corrected chi connectivity index (χ1v) is 12.7. The summed E-state index contributed by atoms with van der Waals surface area (Å²) in [5, 5.41) is 3.66. The minimum Gasteiger partial charge on any atom is -0.606 e. The predicted octanol–water partition coefficient (Wildman–Crippen LogP) is 4.59. The van der Waals surface area contributed by atoms with E-state index in [9.17, 15) is 17.8 Å². The van der Waals surface area contributed by atoms with Gasteiger partial charge in [0.15, 0.2) is 9.79 Å². The molecule has 0 bridgehead atoms. The van der Waals surface area contributed by atoms with Gasteiger partial charge in [-0.15, -0.1) is 11.3 Å². The summed E-state index contributed by atoms with van der Waals surface area (Å²) in [7, 11) is -3.90. The molecular formula is C23H17NO4S3. The molecule has 0 saturated carbocycles. The summed E-state index contributed by atoms with van der Waals surface area (Å²) in [6.07, 6.45) is 2.59. The van der Waals surface area contributed by atoms with Crippen molar-refractivity contribution in [2.45, 2.75) is 14.0 Å². The maximum absolute atomic E-state index is 13.2. The minimum atomic E-state index is -3.90. The van der Waals surface area contributed by atoms with Crippen LogP contribution in [0.5, 0.6) is 0 Å². The van der Waals surface area contributed by atoms with E-state index in [1.165, 1.54) is 12.1 Å². The predicted molar refractivity (Wildman–Crippen MR) is 124 cm³/mol. The zero-order chi connectivity index (χ0) is 21.8. The Morgan fingerprint density at radius 2 is 1.68 bits per heavy atom. The molecule has 1 N–H and O–H groups in total. The van der Waals surface area contributed by atoms with Crippen LogP contribution in [0.1, 0.15) is 5.56 Å². The van der Waals surface area contributed by atoms with E-state index in [4.69, 9.17) is 0 Å². The lowest BCUT2D eigenvalue weighted by atomic mass is 10.1. The summed E-state index contributed by atoms with van der Waals surface area (Å²) in [4.78, 5) is 13.3. The topological polar surface area (TPSA) is 86.3 Å². The Bertz CT molecular complexity index is 1360. The molecule has 0 fully saturated rings. The fourth-order valence-corrected chi connectivity index (χ4v) is 6.17. The molecular weight excluding hydrogens is 450 g/mol. The van der Waals surface area contributed by atoms with Crippen molar-refractivity contribution in [2.75, 3.05) is 0 Å². The molecule has 1 unspecified atom stereocenters. The summed E-state index contributed by atoms with van der Waals surface area (Å²) >= 11 is -0.448. The van der Waals surface area contributed by atoms with Crippen molar-refractivity contribution in [3.8, 4) is 0 Å². The van der Waals surface area contributed by atoms with E-state index in [1.54, 1.807) is 35.7 Å².